The van der Waals surface area contributed by atoms with Crippen LogP contribution in [0, 0.1) is 6.92 Å². The van der Waals surface area contributed by atoms with Crippen LogP contribution in [0.5, 0.6) is 0 Å². The maximum Gasteiger partial charge on any atom is 0.261 e. The highest BCUT2D eigenvalue weighted by Gasteiger charge is 2.29. The van der Waals surface area contributed by atoms with E-state index in [2.05, 4.69) is 20.4 Å². The summed E-state index contributed by atoms with van der Waals surface area (Å²) in [4.78, 5) is 8.56. The zero-order chi connectivity index (χ0) is 14.7. The highest BCUT2D eigenvalue weighted by Crippen LogP contribution is 2.30. The van der Waals surface area contributed by atoms with Crippen LogP contribution in [0.2, 0.25) is 0 Å². The lowest BCUT2D eigenvalue weighted by Gasteiger charge is -2.32. The van der Waals surface area contributed by atoms with Crippen molar-refractivity contribution in [3.63, 3.8) is 0 Å². The molecular weight excluding hydrogens is 268 g/mol. The zero-order valence-corrected chi connectivity index (χ0v) is 12.2. The lowest BCUT2D eigenvalue weighted by Crippen LogP contribution is -2.39. The molecule has 1 aliphatic rings. The van der Waals surface area contributed by atoms with E-state index >= 15 is 0 Å². The third-order valence-electron chi connectivity index (χ3n) is 3.93. The molecule has 3 rings (SSSR count). The average molecular weight is 288 g/mol. The number of anilines is 1. The molecule has 2 aromatic rings. The molecule has 0 atom stereocenters. The molecule has 0 radical (unpaired) electrons. The van der Waals surface area contributed by atoms with Gasteiger partial charge in [-0.1, -0.05) is 24.4 Å². The molecule has 2 aromatic heterocycles. The second kappa shape index (κ2) is 5.81. The topological polar surface area (TPSA) is 84.1 Å². The summed E-state index contributed by atoms with van der Waals surface area (Å²) in [6, 6.07) is 3.71. The average Bonchev–Trinajstić information content (AvgIpc) is 2.93. The molecule has 21 heavy (non-hydrogen) atoms. The van der Waals surface area contributed by atoms with Gasteiger partial charge in [0.05, 0.1) is 11.2 Å². The molecule has 0 aromatic carbocycles. The summed E-state index contributed by atoms with van der Waals surface area (Å²) in [5, 5.41) is 17.6. The van der Waals surface area contributed by atoms with Crippen LogP contribution in [-0.2, 0) is 0 Å². The molecule has 1 fully saturated rings. The van der Waals surface area contributed by atoms with E-state index in [1.54, 1.807) is 13.1 Å². The number of hydrogen-bond donors (Lipinski definition) is 2. The van der Waals surface area contributed by atoms with E-state index in [9.17, 15) is 5.11 Å². The monoisotopic (exact) mass is 288 g/mol. The van der Waals surface area contributed by atoms with Crippen molar-refractivity contribution in [1.82, 2.24) is 15.1 Å². The number of nitrogens with one attached hydrogen (secondary N) is 1. The van der Waals surface area contributed by atoms with Crippen molar-refractivity contribution in [3.05, 3.63) is 24.2 Å². The van der Waals surface area contributed by atoms with Crippen molar-refractivity contribution >= 4 is 5.82 Å². The van der Waals surface area contributed by atoms with Crippen molar-refractivity contribution in [3.8, 4) is 11.5 Å². The first-order valence-corrected chi connectivity index (χ1v) is 7.38. The van der Waals surface area contributed by atoms with Gasteiger partial charge in [0.1, 0.15) is 5.82 Å². The Morgan fingerprint density at radius 1 is 1.33 bits per heavy atom. The maximum absolute atomic E-state index is 10.6. The smallest absolute Gasteiger partial charge is 0.261 e. The van der Waals surface area contributed by atoms with Gasteiger partial charge in [0, 0.05) is 12.7 Å². The van der Waals surface area contributed by atoms with Gasteiger partial charge in [-0.15, -0.1) is 0 Å². The number of nitrogens with zero attached hydrogens (tertiary/aromatic N) is 3. The summed E-state index contributed by atoms with van der Waals surface area (Å²) in [5.74, 6) is 1.70. The first kappa shape index (κ1) is 14.0. The van der Waals surface area contributed by atoms with E-state index < -0.39 is 5.60 Å². The fourth-order valence-corrected chi connectivity index (χ4v) is 2.76. The summed E-state index contributed by atoms with van der Waals surface area (Å²) < 4.78 is 5.20. The van der Waals surface area contributed by atoms with Gasteiger partial charge in [-0.2, -0.15) is 4.98 Å². The molecule has 0 bridgehead atoms. The van der Waals surface area contributed by atoms with Crippen LogP contribution in [0.15, 0.2) is 22.9 Å². The standard InChI is InChI=1S/C15H20N4O2/c1-11-18-14(21-19-11)12-6-5-9-16-13(12)17-10-15(20)7-3-2-4-8-15/h5-6,9,20H,2-4,7-8,10H2,1H3,(H,16,17). The summed E-state index contributed by atoms with van der Waals surface area (Å²) in [5.41, 5.74) is 0.121. The quantitative estimate of drug-likeness (QED) is 0.899. The van der Waals surface area contributed by atoms with E-state index in [0.29, 0.717) is 24.1 Å². The fraction of sp³-hybridized carbons (Fsp3) is 0.533. The molecule has 0 amide bonds. The third-order valence-corrected chi connectivity index (χ3v) is 3.93. The van der Waals surface area contributed by atoms with Crippen LogP contribution in [-0.4, -0.2) is 32.4 Å². The van der Waals surface area contributed by atoms with Gasteiger partial charge in [-0.25, -0.2) is 4.98 Å². The molecule has 0 spiro atoms. The Labute approximate surface area is 123 Å². The summed E-state index contributed by atoms with van der Waals surface area (Å²) in [6.45, 7) is 2.27. The Morgan fingerprint density at radius 2 is 2.14 bits per heavy atom. The first-order chi connectivity index (χ1) is 10.2. The molecule has 2 heterocycles. The van der Waals surface area contributed by atoms with Crippen molar-refractivity contribution in [2.45, 2.75) is 44.6 Å². The van der Waals surface area contributed by atoms with Gasteiger partial charge in [-0.05, 0) is 31.9 Å². The Bertz CT molecular complexity index is 605. The number of rotatable bonds is 4. The predicted octanol–water partition coefficient (Wildman–Crippen LogP) is 2.55. The highest BCUT2D eigenvalue weighted by molar-refractivity contribution is 5.68. The molecule has 2 N–H and O–H groups in total. The van der Waals surface area contributed by atoms with Crippen LogP contribution < -0.4 is 5.32 Å². The highest BCUT2D eigenvalue weighted by atomic mass is 16.5. The lowest BCUT2D eigenvalue weighted by molar-refractivity contribution is 0.0166. The minimum absolute atomic E-state index is 0.443. The molecule has 112 valence electrons. The Morgan fingerprint density at radius 3 is 2.86 bits per heavy atom. The van der Waals surface area contributed by atoms with E-state index in [4.69, 9.17) is 4.52 Å². The minimum Gasteiger partial charge on any atom is -0.388 e. The van der Waals surface area contributed by atoms with Crippen molar-refractivity contribution in [1.29, 1.82) is 0 Å². The molecule has 6 heteroatoms. The van der Waals surface area contributed by atoms with Crippen LogP contribution >= 0.6 is 0 Å². The Balaban J connectivity index is 1.76. The van der Waals surface area contributed by atoms with E-state index in [0.717, 1.165) is 31.2 Å². The van der Waals surface area contributed by atoms with Crippen LogP contribution in [0.1, 0.15) is 37.9 Å². The fourth-order valence-electron chi connectivity index (χ4n) is 2.76. The minimum atomic E-state index is -0.641. The largest absolute Gasteiger partial charge is 0.388 e. The predicted molar refractivity (Wildman–Crippen MR) is 78.8 cm³/mol. The van der Waals surface area contributed by atoms with Gasteiger partial charge in [0.2, 0.25) is 0 Å². The first-order valence-electron chi connectivity index (χ1n) is 7.38. The van der Waals surface area contributed by atoms with E-state index in [1.165, 1.54) is 6.42 Å². The third kappa shape index (κ3) is 3.21. The van der Waals surface area contributed by atoms with E-state index in [1.807, 2.05) is 12.1 Å². The van der Waals surface area contributed by atoms with Gasteiger partial charge < -0.3 is 14.9 Å². The normalized spacial score (nSPS) is 17.6. The molecule has 1 aliphatic carbocycles. The lowest BCUT2D eigenvalue weighted by atomic mass is 9.85. The van der Waals surface area contributed by atoms with Gasteiger partial charge in [-0.3, -0.25) is 0 Å². The zero-order valence-electron chi connectivity index (χ0n) is 12.2. The number of aliphatic hydroxyl groups is 1. The van der Waals surface area contributed by atoms with Crippen molar-refractivity contribution < 1.29 is 9.63 Å². The number of aryl methyl sites for hydroxylation is 1. The van der Waals surface area contributed by atoms with Crippen LogP contribution in [0.4, 0.5) is 5.82 Å². The van der Waals surface area contributed by atoms with Crippen molar-refractivity contribution in [2.24, 2.45) is 0 Å². The van der Waals surface area contributed by atoms with E-state index in [-0.39, 0.29) is 0 Å². The van der Waals surface area contributed by atoms with Gasteiger partial charge in [0.25, 0.3) is 5.89 Å². The number of aromatic nitrogens is 3. The summed E-state index contributed by atoms with van der Waals surface area (Å²) >= 11 is 0. The van der Waals surface area contributed by atoms with Crippen LogP contribution in [0.25, 0.3) is 11.5 Å². The Hall–Kier alpha value is -1.95. The SMILES string of the molecule is Cc1noc(-c2cccnc2NCC2(O)CCCCC2)n1. The molecule has 0 aliphatic heterocycles. The number of pyridine rings is 1. The second-order valence-corrected chi connectivity index (χ2v) is 5.68. The molecule has 6 nitrogen and oxygen atoms in total. The van der Waals surface area contributed by atoms with Crippen molar-refractivity contribution in [2.75, 3.05) is 11.9 Å². The van der Waals surface area contributed by atoms with Crippen LogP contribution in [0.3, 0.4) is 0 Å². The summed E-state index contributed by atoms with van der Waals surface area (Å²) in [6.07, 6.45) is 6.74. The van der Waals surface area contributed by atoms with Gasteiger partial charge >= 0.3 is 0 Å². The molecule has 0 saturated heterocycles. The summed E-state index contributed by atoms with van der Waals surface area (Å²) in [7, 11) is 0. The molecule has 1 saturated carbocycles. The second-order valence-electron chi connectivity index (χ2n) is 5.68. The number of hydrogen-bond acceptors (Lipinski definition) is 6. The molecular formula is C15H20N4O2. The van der Waals surface area contributed by atoms with Gasteiger partial charge in [0.15, 0.2) is 5.82 Å². The maximum atomic E-state index is 10.6. The molecule has 0 unspecified atom stereocenters. The Kier molecular flexibility index (Phi) is 3.88.